The second-order valence-corrected chi connectivity index (χ2v) is 3.94. The number of aliphatic imine (C=N–C) groups is 1. The average Bonchev–Trinajstić information content (AvgIpc) is 2.25. The maximum absolute atomic E-state index is 5.72. The lowest BCUT2D eigenvalue weighted by Crippen LogP contribution is -2.32. The summed E-state index contributed by atoms with van der Waals surface area (Å²) in [6.07, 6.45) is 0. The zero-order chi connectivity index (χ0) is 12.0. The van der Waals surface area contributed by atoms with Crippen LogP contribution >= 0.6 is 0 Å². The van der Waals surface area contributed by atoms with Crippen LogP contribution in [0.3, 0.4) is 0 Å². The standard InChI is InChI=1S/C13H19N3/c1-10(2)8-15-13(14)16-9-12-7-5-4-6-11(12)3/h4-7H,1,8-9H2,2-3H3,(H3,14,15,16). The summed E-state index contributed by atoms with van der Waals surface area (Å²) >= 11 is 0. The zero-order valence-electron chi connectivity index (χ0n) is 9.96. The third-order valence-corrected chi connectivity index (χ3v) is 2.25. The predicted octanol–water partition coefficient (Wildman–Crippen LogP) is 1.98. The van der Waals surface area contributed by atoms with Gasteiger partial charge in [-0.3, -0.25) is 0 Å². The summed E-state index contributed by atoms with van der Waals surface area (Å²) in [6.45, 7) is 9.09. The van der Waals surface area contributed by atoms with Crippen LogP contribution in [0.15, 0.2) is 41.4 Å². The van der Waals surface area contributed by atoms with Gasteiger partial charge in [0, 0.05) is 6.54 Å². The lowest BCUT2D eigenvalue weighted by atomic mass is 10.1. The smallest absolute Gasteiger partial charge is 0.189 e. The van der Waals surface area contributed by atoms with E-state index in [1.54, 1.807) is 0 Å². The van der Waals surface area contributed by atoms with Crippen molar-refractivity contribution in [1.29, 1.82) is 0 Å². The molecule has 0 aliphatic carbocycles. The Kier molecular flexibility index (Phi) is 4.58. The van der Waals surface area contributed by atoms with Crippen molar-refractivity contribution >= 4 is 5.96 Å². The highest BCUT2D eigenvalue weighted by Crippen LogP contribution is 2.07. The molecule has 0 aliphatic heterocycles. The molecule has 0 aliphatic rings. The number of nitrogens with one attached hydrogen (secondary N) is 1. The van der Waals surface area contributed by atoms with Crippen molar-refractivity contribution in [1.82, 2.24) is 5.32 Å². The van der Waals surface area contributed by atoms with Crippen molar-refractivity contribution in [2.75, 3.05) is 6.54 Å². The quantitative estimate of drug-likeness (QED) is 0.460. The minimum absolute atomic E-state index is 0.464. The summed E-state index contributed by atoms with van der Waals surface area (Å²) in [4.78, 5) is 4.27. The molecular formula is C13H19N3. The third-order valence-electron chi connectivity index (χ3n) is 2.25. The van der Waals surface area contributed by atoms with Crippen LogP contribution in [0.4, 0.5) is 0 Å². The van der Waals surface area contributed by atoms with Crippen LogP contribution in [0.1, 0.15) is 18.1 Å². The summed E-state index contributed by atoms with van der Waals surface area (Å²) in [5, 5.41) is 3.00. The van der Waals surface area contributed by atoms with Crippen LogP contribution in [0.5, 0.6) is 0 Å². The summed E-state index contributed by atoms with van der Waals surface area (Å²) in [5.41, 5.74) is 9.19. The van der Waals surface area contributed by atoms with E-state index < -0.39 is 0 Å². The topological polar surface area (TPSA) is 50.4 Å². The fourth-order valence-electron chi connectivity index (χ4n) is 1.26. The second-order valence-electron chi connectivity index (χ2n) is 3.94. The van der Waals surface area contributed by atoms with Gasteiger partial charge in [-0.05, 0) is 25.0 Å². The van der Waals surface area contributed by atoms with Gasteiger partial charge in [-0.1, -0.05) is 36.4 Å². The first-order chi connectivity index (χ1) is 7.59. The highest BCUT2D eigenvalue weighted by atomic mass is 15.1. The summed E-state index contributed by atoms with van der Waals surface area (Å²) < 4.78 is 0. The average molecular weight is 217 g/mol. The number of nitrogens with two attached hydrogens (primary N) is 1. The van der Waals surface area contributed by atoms with Crippen LogP contribution in [0.2, 0.25) is 0 Å². The summed E-state index contributed by atoms with van der Waals surface area (Å²) in [6, 6.07) is 8.16. The highest BCUT2D eigenvalue weighted by Gasteiger charge is 1.96. The molecule has 1 aromatic carbocycles. The van der Waals surface area contributed by atoms with Crippen molar-refractivity contribution in [3.05, 3.63) is 47.5 Å². The molecule has 0 bridgehead atoms. The Balaban J connectivity index is 2.52. The van der Waals surface area contributed by atoms with Crippen LogP contribution in [-0.2, 0) is 6.54 Å². The molecule has 0 unspecified atom stereocenters. The van der Waals surface area contributed by atoms with Gasteiger partial charge in [0.1, 0.15) is 0 Å². The maximum Gasteiger partial charge on any atom is 0.189 e. The van der Waals surface area contributed by atoms with E-state index in [1.807, 2.05) is 19.1 Å². The van der Waals surface area contributed by atoms with Gasteiger partial charge in [-0.25, -0.2) is 4.99 Å². The lowest BCUT2D eigenvalue weighted by molar-refractivity contribution is 0.937. The Bertz CT molecular complexity index is 394. The van der Waals surface area contributed by atoms with Crippen LogP contribution in [-0.4, -0.2) is 12.5 Å². The molecule has 3 nitrogen and oxygen atoms in total. The van der Waals surface area contributed by atoms with E-state index in [-0.39, 0.29) is 0 Å². The van der Waals surface area contributed by atoms with Gasteiger partial charge in [-0.15, -0.1) is 0 Å². The SMILES string of the molecule is C=C(C)CNC(N)=NCc1ccccc1C. The molecule has 3 heteroatoms. The van der Waals surface area contributed by atoms with Crippen molar-refractivity contribution in [3.63, 3.8) is 0 Å². The second kappa shape index (κ2) is 5.95. The summed E-state index contributed by atoms with van der Waals surface area (Å²) in [5.74, 6) is 0.464. The number of hydrogen-bond acceptors (Lipinski definition) is 1. The Hall–Kier alpha value is -1.77. The van der Waals surface area contributed by atoms with Crippen LogP contribution in [0, 0.1) is 6.92 Å². The molecule has 0 fully saturated rings. The monoisotopic (exact) mass is 217 g/mol. The van der Waals surface area contributed by atoms with Gasteiger partial charge < -0.3 is 11.1 Å². The van der Waals surface area contributed by atoms with Gasteiger partial charge >= 0.3 is 0 Å². The van der Waals surface area contributed by atoms with E-state index in [0.29, 0.717) is 19.0 Å². The lowest BCUT2D eigenvalue weighted by Gasteiger charge is -2.06. The molecule has 0 atom stereocenters. The van der Waals surface area contributed by atoms with Crippen LogP contribution in [0.25, 0.3) is 0 Å². The van der Waals surface area contributed by atoms with Crippen molar-refractivity contribution in [3.8, 4) is 0 Å². The number of hydrogen-bond donors (Lipinski definition) is 2. The van der Waals surface area contributed by atoms with Gasteiger partial charge in [0.25, 0.3) is 0 Å². The van der Waals surface area contributed by atoms with E-state index in [0.717, 1.165) is 5.57 Å². The van der Waals surface area contributed by atoms with Crippen molar-refractivity contribution < 1.29 is 0 Å². The van der Waals surface area contributed by atoms with Crippen molar-refractivity contribution in [2.45, 2.75) is 20.4 Å². The first-order valence-corrected chi connectivity index (χ1v) is 5.32. The number of aryl methyl sites for hydroxylation is 1. The van der Waals surface area contributed by atoms with E-state index in [2.05, 4.69) is 35.9 Å². The molecule has 0 spiro atoms. The maximum atomic E-state index is 5.72. The van der Waals surface area contributed by atoms with Gasteiger partial charge in [0.15, 0.2) is 5.96 Å². The number of guanidine groups is 1. The Labute approximate surface area is 97.1 Å². The fraction of sp³-hybridized carbons (Fsp3) is 0.308. The van der Waals surface area contributed by atoms with Gasteiger partial charge in [0.05, 0.1) is 6.54 Å². The molecular weight excluding hydrogens is 198 g/mol. The third kappa shape index (κ3) is 4.17. The Morgan fingerprint density at radius 1 is 1.44 bits per heavy atom. The molecule has 0 amide bonds. The van der Waals surface area contributed by atoms with E-state index in [4.69, 9.17) is 5.73 Å². The fourth-order valence-corrected chi connectivity index (χ4v) is 1.26. The Morgan fingerprint density at radius 3 is 2.75 bits per heavy atom. The van der Waals surface area contributed by atoms with Crippen molar-refractivity contribution in [2.24, 2.45) is 10.7 Å². The van der Waals surface area contributed by atoms with Gasteiger partial charge in [0.2, 0.25) is 0 Å². The summed E-state index contributed by atoms with van der Waals surface area (Å²) in [7, 11) is 0. The molecule has 86 valence electrons. The predicted molar refractivity (Wildman–Crippen MR) is 69.3 cm³/mol. The number of nitrogens with zero attached hydrogens (tertiary/aromatic N) is 1. The largest absolute Gasteiger partial charge is 0.370 e. The molecule has 1 aromatic rings. The molecule has 0 saturated carbocycles. The van der Waals surface area contributed by atoms with Crippen LogP contribution < -0.4 is 11.1 Å². The molecule has 0 radical (unpaired) electrons. The van der Waals surface area contributed by atoms with E-state index >= 15 is 0 Å². The van der Waals surface area contributed by atoms with Gasteiger partial charge in [-0.2, -0.15) is 0 Å². The molecule has 0 aromatic heterocycles. The molecule has 0 heterocycles. The number of benzene rings is 1. The molecule has 16 heavy (non-hydrogen) atoms. The Morgan fingerprint density at radius 2 is 2.12 bits per heavy atom. The minimum Gasteiger partial charge on any atom is -0.370 e. The first-order valence-electron chi connectivity index (χ1n) is 5.32. The molecule has 3 N–H and O–H groups in total. The minimum atomic E-state index is 0.464. The van der Waals surface area contributed by atoms with E-state index in [9.17, 15) is 0 Å². The molecule has 0 saturated heterocycles. The number of rotatable bonds is 4. The highest BCUT2D eigenvalue weighted by molar-refractivity contribution is 5.78. The molecule has 1 rings (SSSR count). The van der Waals surface area contributed by atoms with E-state index in [1.165, 1.54) is 11.1 Å². The zero-order valence-corrected chi connectivity index (χ0v) is 9.96. The first kappa shape index (κ1) is 12.3. The normalized spacial score (nSPS) is 11.2.